The van der Waals surface area contributed by atoms with E-state index in [2.05, 4.69) is 38.4 Å². The smallest absolute Gasteiger partial charge is 0.227 e. The molecule has 2 saturated carbocycles. The van der Waals surface area contributed by atoms with Crippen LogP contribution in [-0.2, 0) is 0 Å². The van der Waals surface area contributed by atoms with Crippen LogP contribution < -0.4 is 10.2 Å². The summed E-state index contributed by atoms with van der Waals surface area (Å²) in [6, 6.07) is 2.78. The van der Waals surface area contributed by atoms with E-state index in [9.17, 15) is 0 Å². The summed E-state index contributed by atoms with van der Waals surface area (Å²) in [6.45, 7) is 5.46. The number of nitrogens with one attached hydrogen (secondary N) is 2. The first-order valence-corrected chi connectivity index (χ1v) is 10.1. The summed E-state index contributed by atoms with van der Waals surface area (Å²) in [5, 5.41) is 11.1. The zero-order valence-electron chi connectivity index (χ0n) is 15.8. The fourth-order valence-electron chi connectivity index (χ4n) is 5.08. The quantitative estimate of drug-likeness (QED) is 0.840. The molecular weight excluding hydrogens is 324 g/mol. The van der Waals surface area contributed by atoms with Crippen molar-refractivity contribution < 1.29 is 0 Å². The first-order chi connectivity index (χ1) is 12.7. The van der Waals surface area contributed by atoms with Crippen LogP contribution in [0.2, 0.25) is 0 Å². The maximum Gasteiger partial charge on any atom is 0.227 e. The van der Waals surface area contributed by atoms with Gasteiger partial charge < -0.3 is 10.2 Å². The molecule has 2 aromatic rings. The van der Waals surface area contributed by atoms with E-state index in [1.807, 2.05) is 13.1 Å². The molecule has 0 unspecified atom stereocenters. The highest BCUT2D eigenvalue weighted by Crippen LogP contribution is 2.54. The molecule has 26 heavy (non-hydrogen) atoms. The van der Waals surface area contributed by atoms with Gasteiger partial charge in [0, 0.05) is 42.0 Å². The van der Waals surface area contributed by atoms with Gasteiger partial charge in [-0.1, -0.05) is 19.8 Å². The van der Waals surface area contributed by atoms with E-state index in [0.29, 0.717) is 17.4 Å². The van der Waals surface area contributed by atoms with Crippen LogP contribution in [0.15, 0.2) is 12.3 Å². The van der Waals surface area contributed by atoms with Crippen molar-refractivity contribution in [2.75, 3.05) is 16.8 Å². The Bertz CT molecular complexity index is 800. The lowest BCUT2D eigenvalue weighted by Gasteiger charge is -2.35. The number of H-pyrrole nitrogens is 1. The van der Waals surface area contributed by atoms with Gasteiger partial charge in [-0.15, -0.1) is 0 Å². The number of fused-ring (bicyclic) bond motifs is 1. The zero-order chi connectivity index (χ0) is 17.7. The molecule has 0 spiro atoms. The fraction of sp³-hybridized carbons (Fsp3) is 0.650. The van der Waals surface area contributed by atoms with E-state index < -0.39 is 0 Å². The number of aromatic amines is 1. The number of hydrogen-bond acceptors (Lipinski definition) is 5. The van der Waals surface area contributed by atoms with E-state index in [1.165, 1.54) is 50.6 Å². The van der Waals surface area contributed by atoms with Crippen molar-refractivity contribution in [3.8, 4) is 0 Å². The molecule has 0 atom stereocenters. The number of rotatable bonds is 5. The predicted molar refractivity (Wildman–Crippen MR) is 103 cm³/mol. The number of hydrogen-bond donors (Lipinski definition) is 2. The molecule has 2 aliphatic carbocycles. The SMILES string of the molecule is CCC12CC(C1)N(c1ncc(C)c(Nc3cc(C4CCCC4)[nH]n3)n1)C2. The zero-order valence-corrected chi connectivity index (χ0v) is 15.8. The second-order valence-electron chi connectivity index (χ2n) is 8.56. The van der Waals surface area contributed by atoms with Crippen LogP contribution in [0.5, 0.6) is 0 Å². The summed E-state index contributed by atoms with van der Waals surface area (Å²) in [5.41, 5.74) is 2.82. The highest BCUT2D eigenvalue weighted by molar-refractivity contribution is 5.58. The van der Waals surface area contributed by atoms with Gasteiger partial charge in [0.25, 0.3) is 0 Å². The van der Waals surface area contributed by atoms with E-state index in [-0.39, 0.29) is 0 Å². The lowest BCUT2D eigenvalue weighted by molar-refractivity contribution is 0.191. The van der Waals surface area contributed by atoms with Crippen molar-refractivity contribution in [1.82, 2.24) is 20.2 Å². The Kier molecular flexibility index (Phi) is 3.69. The Morgan fingerprint density at radius 1 is 1.31 bits per heavy atom. The largest absolute Gasteiger partial charge is 0.337 e. The van der Waals surface area contributed by atoms with Crippen LogP contribution in [0.3, 0.4) is 0 Å². The van der Waals surface area contributed by atoms with Gasteiger partial charge in [0.05, 0.1) is 0 Å². The van der Waals surface area contributed by atoms with Crippen LogP contribution in [-0.4, -0.2) is 32.8 Å². The molecule has 6 nitrogen and oxygen atoms in total. The summed E-state index contributed by atoms with van der Waals surface area (Å²) in [4.78, 5) is 11.9. The molecule has 6 rings (SSSR count). The van der Waals surface area contributed by atoms with E-state index in [0.717, 1.165) is 29.7 Å². The highest BCUT2D eigenvalue weighted by Gasteiger charge is 2.54. The maximum absolute atomic E-state index is 4.85. The van der Waals surface area contributed by atoms with E-state index in [1.54, 1.807) is 0 Å². The lowest BCUT2D eigenvalue weighted by Crippen LogP contribution is -2.34. The van der Waals surface area contributed by atoms with Gasteiger partial charge in [-0.05, 0) is 44.4 Å². The van der Waals surface area contributed by atoms with Crippen LogP contribution in [0.1, 0.15) is 69.0 Å². The standard InChI is InChI=1S/C20H28N6/c1-3-20-9-15(10-20)26(12-20)19-21-11-13(2)18(23-19)22-17-8-16(24-25-17)14-6-4-5-7-14/h8,11,14-15H,3-7,9-10,12H2,1-2H3,(H2,21,22,23,24,25). The Morgan fingerprint density at radius 2 is 2.12 bits per heavy atom. The molecule has 0 amide bonds. The number of aryl methyl sites for hydroxylation is 1. The van der Waals surface area contributed by atoms with Crippen molar-refractivity contribution in [3.63, 3.8) is 0 Å². The number of aromatic nitrogens is 4. The Hall–Kier alpha value is -2.11. The Balaban J connectivity index is 1.35. The van der Waals surface area contributed by atoms with Crippen LogP contribution in [0.4, 0.5) is 17.6 Å². The third-order valence-corrected chi connectivity index (χ3v) is 6.89. The van der Waals surface area contributed by atoms with Gasteiger partial charge in [-0.2, -0.15) is 10.1 Å². The van der Waals surface area contributed by atoms with Gasteiger partial charge in [-0.3, -0.25) is 5.10 Å². The molecule has 2 saturated heterocycles. The van der Waals surface area contributed by atoms with Crippen molar-refractivity contribution in [3.05, 3.63) is 23.5 Å². The minimum Gasteiger partial charge on any atom is -0.337 e. The number of nitrogens with zero attached hydrogens (tertiary/aromatic N) is 4. The monoisotopic (exact) mass is 352 g/mol. The van der Waals surface area contributed by atoms with Gasteiger partial charge in [-0.25, -0.2) is 4.98 Å². The Morgan fingerprint density at radius 3 is 2.85 bits per heavy atom. The normalized spacial score (nSPS) is 27.8. The van der Waals surface area contributed by atoms with Gasteiger partial charge >= 0.3 is 0 Å². The van der Waals surface area contributed by atoms with Gasteiger partial charge in [0.2, 0.25) is 5.95 Å². The predicted octanol–water partition coefficient (Wildman–Crippen LogP) is 4.29. The van der Waals surface area contributed by atoms with Gasteiger partial charge in [0.1, 0.15) is 5.82 Å². The lowest BCUT2D eigenvalue weighted by atomic mass is 9.68. The second kappa shape index (κ2) is 5.96. The first kappa shape index (κ1) is 16.1. The second-order valence-corrected chi connectivity index (χ2v) is 8.56. The van der Waals surface area contributed by atoms with Crippen molar-refractivity contribution in [2.24, 2.45) is 5.41 Å². The molecule has 0 radical (unpaired) electrons. The van der Waals surface area contributed by atoms with Crippen molar-refractivity contribution >= 4 is 17.6 Å². The van der Waals surface area contributed by atoms with E-state index in [4.69, 9.17) is 4.98 Å². The average Bonchev–Trinajstić information content (AvgIpc) is 3.39. The summed E-state index contributed by atoms with van der Waals surface area (Å²) >= 11 is 0. The maximum atomic E-state index is 4.85. The summed E-state index contributed by atoms with van der Waals surface area (Å²) < 4.78 is 0. The fourth-order valence-corrected chi connectivity index (χ4v) is 5.08. The molecule has 4 aliphatic rings. The molecular formula is C20H28N6. The molecule has 2 aromatic heterocycles. The molecule has 2 N–H and O–H groups in total. The summed E-state index contributed by atoms with van der Waals surface area (Å²) in [7, 11) is 0. The Labute approximate surface area is 154 Å². The third-order valence-electron chi connectivity index (χ3n) is 6.89. The van der Waals surface area contributed by atoms with Crippen LogP contribution in [0.25, 0.3) is 0 Å². The van der Waals surface area contributed by atoms with Crippen molar-refractivity contribution in [1.29, 1.82) is 0 Å². The van der Waals surface area contributed by atoms with Crippen LogP contribution in [0, 0.1) is 12.3 Å². The minimum atomic E-state index is 0.519. The summed E-state index contributed by atoms with van der Waals surface area (Å²) in [6.07, 6.45) is 11.0. The average molecular weight is 352 g/mol. The first-order valence-electron chi connectivity index (χ1n) is 10.1. The van der Waals surface area contributed by atoms with Crippen molar-refractivity contribution in [2.45, 2.75) is 70.8 Å². The topological polar surface area (TPSA) is 69.7 Å². The molecule has 4 heterocycles. The van der Waals surface area contributed by atoms with E-state index >= 15 is 0 Å². The molecule has 6 heteroatoms. The van der Waals surface area contributed by atoms with Crippen LogP contribution >= 0.6 is 0 Å². The van der Waals surface area contributed by atoms with Gasteiger partial charge in [0.15, 0.2) is 5.82 Å². The minimum absolute atomic E-state index is 0.519. The molecule has 138 valence electrons. The third kappa shape index (κ3) is 2.58. The number of anilines is 3. The molecule has 0 aromatic carbocycles. The molecule has 2 aliphatic heterocycles. The summed E-state index contributed by atoms with van der Waals surface area (Å²) in [5.74, 6) is 3.23. The molecule has 4 fully saturated rings. The highest BCUT2D eigenvalue weighted by atomic mass is 15.3. The molecule has 2 bridgehead atoms.